The largest absolute Gasteiger partial charge is 0.364 e. The maximum absolute atomic E-state index is 14.0. The SMILES string of the molecule is NC(=O)c1cncc(-c2c(C(F)F)ccc(Cl)c2F)n1. The number of carbonyl (C=O) groups is 1. The standard InChI is InChI=1S/C12H7ClF3N3O/c13-6-2-1-5(11(15)16)9(10(6)14)7-3-18-4-8(19-7)12(17)20/h1-4,11H,(H2,17,20). The van der Waals surface area contributed by atoms with E-state index in [0.29, 0.717) is 0 Å². The maximum Gasteiger partial charge on any atom is 0.268 e. The Balaban J connectivity index is 2.71. The molecular formula is C12H7ClF3N3O. The second-order valence-electron chi connectivity index (χ2n) is 3.78. The molecule has 4 nitrogen and oxygen atoms in total. The summed E-state index contributed by atoms with van der Waals surface area (Å²) in [5.41, 5.74) is 3.42. The number of halogens is 4. The first-order valence-electron chi connectivity index (χ1n) is 5.30. The summed E-state index contributed by atoms with van der Waals surface area (Å²) >= 11 is 5.58. The zero-order valence-electron chi connectivity index (χ0n) is 9.78. The van der Waals surface area contributed by atoms with Crippen LogP contribution in [0.3, 0.4) is 0 Å². The first kappa shape index (κ1) is 14.3. The molecule has 1 heterocycles. The molecule has 1 aromatic heterocycles. The van der Waals surface area contributed by atoms with Crippen molar-refractivity contribution in [3.8, 4) is 11.3 Å². The summed E-state index contributed by atoms with van der Waals surface area (Å²) in [6.45, 7) is 0. The predicted molar refractivity (Wildman–Crippen MR) is 65.9 cm³/mol. The van der Waals surface area contributed by atoms with E-state index >= 15 is 0 Å². The van der Waals surface area contributed by atoms with Crippen LogP contribution < -0.4 is 5.73 Å². The minimum atomic E-state index is -2.93. The number of hydrogen-bond acceptors (Lipinski definition) is 3. The van der Waals surface area contributed by atoms with Gasteiger partial charge in [0.25, 0.3) is 12.3 Å². The van der Waals surface area contributed by atoms with E-state index in [2.05, 4.69) is 9.97 Å². The molecule has 20 heavy (non-hydrogen) atoms. The van der Waals surface area contributed by atoms with E-state index in [1.165, 1.54) is 0 Å². The lowest BCUT2D eigenvalue weighted by molar-refractivity contribution is 0.0995. The molecule has 104 valence electrons. The molecule has 2 rings (SSSR count). The molecule has 1 aromatic carbocycles. The number of primary amides is 1. The van der Waals surface area contributed by atoms with Gasteiger partial charge in [-0.3, -0.25) is 9.78 Å². The fraction of sp³-hybridized carbons (Fsp3) is 0.0833. The van der Waals surface area contributed by atoms with Crippen molar-refractivity contribution < 1.29 is 18.0 Å². The zero-order valence-corrected chi connectivity index (χ0v) is 10.5. The molecule has 0 aliphatic rings. The van der Waals surface area contributed by atoms with E-state index in [1.54, 1.807) is 0 Å². The van der Waals surface area contributed by atoms with E-state index < -0.39 is 29.3 Å². The van der Waals surface area contributed by atoms with Gasteiger partial charge in [-0.15, -0.1) is 0 Å². The lowest BCUT2D eigenvalue weighted by Crippen LogP contribution is -2.14. The van der Waals surface area contributed by atoms with Crippen LogP contribution in [0.1, 0.15) is 22.5 Å². The summed E-state index contributed by atoms with van der Waals surface area (Å²) in [5.74, 6) is -1.96. The summed E-state index contributed by atoms with van der Waals surface area (Å²) in [6.07, 6.45) is -0.834. The number of alkyl halides is 2. The van der Waals surface area contributed by atoms with Gasteiger partial charge in [-0.05, 0) is 6.07 Å². The normalized spacial score (nSPS) is 10.8. The van der Waals surface area contributed by atoms with Crippen LogP contribution in [0.5, 0.6) is 0 Å². The highest BCUT2D eigenvalue weighted by molar-refractivity contribution is 6.31. The number of hydrogen-bond donors (Lipinski definition) is 1. The maximum atomic E-state index is 14.0. The number of nitrogens with zero attached hydrogens (tertiary/aromatic N) is 2. The topological polar surface area (TPSA) is 68.9 Å². The van der Waals surface area contributed by atoms with Crippen LogP contribution in [0.15, 0.2) is 24.5 Å². The van der Waals surface area contributed by atoms with Crippen molar-refractivity contribution in [2.45, 2.75) is 6.43 Å². The molecule has 0 saturated carbocycles. The number of amides is 1. The number of rotatable bonds is 3. The number of carbonyl (C=O) groups excluding carboxylic acids is 1. The average Bonchev–Trinajstić information content (AvgIpc) is 2.41. The summed E-state index contributed by atoms with van der Waals surface area (Å²) in [5, 5.41) is -0.337. The number of aromatic nitrogens is 2. The Morgan fingerprint density at radius 1 is 1.30 bits per heavy atom. The molecular weight excluding hydrogens is 295 g/mol. The van der Waals surface area contributed by atoms with Gasteiger partial charge in [-0.25, -0.2) is 18.2 Å². The van der Waals surface area contributed by atoms with Gasteiger partial charge in [0.2, 0.25) is 0 Å². The Labute approximate surface area is 116 Å². The molecule has 0 spiro atoms. The second kappa shape index (κ2) is 5.46. The van der Waals surface area contributed by atoms with Gasteiger partial charge >= 0.3 is 0 Å². The van der Waals surface area contributed by atoms with Crippen molar-refractivity contribution in [1.82, 2.24) is 9.97 Å². The van der Waals surface area contributed by atoms with Crippen molar-refractivity contribution in [3.05, 3.63) is 46.6 Å². The highest BCUT2D eigenvalue weighted by atomic mass is 35.5. The second-order valence-corrected chi connectivity index (χ2v) is 4.19. The molecule has 8 heteroatoms. The summed E-state index contributed by atoms with van der Waals surface area (Å²) in [7, 11) is 0. The van der Waals surface area contributed by atoms with E-state index in [9.17, 15) is 18.0 Å². The average molecular weight is 302 g/mol. The predicted octanol–water partition coefficient (Wildman–Crippen LogP) is 2.97. The van der Waals surface area contributed by atoms with E-state index in [-0.39, 0.29) is 16.4 Å². The number of nitrogens with two attached hydrogens (primary N) is 1. The summed E-state index contributed by atoms with van der Waals surface area (Å²) in [6, 6.07) is 2.01. The van der Waals surface area contributed by atoms with Gasteiger partial charge in [0.1, 0.15) is 5.69 Å². The van der Waals surface area contributed by atoms with Crippen LogP contribution in [0.2, 0.25) is 5.02 Å². The fourth-order valence-corrected chi connectivity index (χ4v) is 1.77. The monoisotopic (exact) mass is 301 g/mol. The first-order chi connectivity index (χ1) is 9.41. The number of benzene rings is 1. The Bertz CT molecular complexity index is 679. The first-order valence-corrected chi connectivity index (χ1v) is 5.68. The van der Waals surface area contributed by atoms with Crippen LogP contribution >= 0.6 is 11.6 Å². The Hall–Kier alpha value is -2.15. The third-order valence-corrected chi connectivity index (χ3v) is 2.80. The lowest BCUT2D eigenvalue weighted by atomic mass is 10.0. The van der Waals surface area contributed by atoms with Crippen LogP contribution in [0.25, 0.3) is 11.3 Å². The fourth-order valence-electron chi connectivity index (χ4n) is 1.61. The molecule has 0 bridgehead atoms. The van der Waals surface area contributed by atoms with E-state index in [0.717, 1.165) is 24.5 Å². The van der Waals surface area contributed by atoms with Gasteiger partial charge in [0.05, 0.1) is 23.1 Å². The van der Waals surface area contributed by atoms with Gasteiger partial charge < -0.3 is 5.73 Å². The van der Waals surface area contributed by atoms with Crippen molar-refractivity contribution in [3.63, 3.8) is 0 Å². The molecule has 0 aliphatic carbocycles. The van der Waals surface area contributed by atoms with Crippen LogP contribution in [0, 0.1) is 5.82 Å². The minimum absolute atomic E-state index is 0.239. The summed E-state index contributed by atoms with van der Waals surface area (Å²) in [4.78, 5) is 18.4. The Kier molecular flexibility index (Phi) is 3.89. The molecule has 2 N–H and O–H groups in total. The van der Waals surface area contributed by atoms with Crippen LogP contribution in [-0.2, 0) is 0 Å². The molecule has 0 fully saturated rings. The van der Waals surface area contributed by atoms with Crippen molar-refractivity contribution in [2.75, 3.05) is 0 Å². The van der Waals surface area contributed by atoms with Gasteiger partial charge in [0, 0.05) is 11.1 Å². The van der Waals surface area contributed by atoms with E-state index in [1.807, 2.05) is 0 Å². The molecule has 0 saturated heterocycles. The Morgan fingerprint density at radius 3 is 2.60 bits per heavy atom. The highest BCUT2D eigenvalue weighted by Gasteiger charge is 2.22. The minimum Gasteiger partial charge on any atom is -0.364 e. The third-order valence-electron chi connectivity index (χ3n) is 2.51. The van der Waals surface area contributed by atoms with Crippen LogP contribution in [-0.4, -0.2) is 15.9 Å². The lowest BCUT2D eigenvalue weighted by Gasteiger charge is -2.10. The summed E-state index contributed by atoms with van der Waals surface area (Å²) < 4.78 is 39.9. The molecule has 0 atom stereocenters. The zero-order chi connectivity index (χ0) is 14.9. The molecule has 0 unspecified atom stereocenters. The van der Waals surface area contributed by atoms with Crippen molar-refractivity contribution >= 4 is 17.5 Å². The van der Waals surface area contributed by atoms with Gasteiger partial charge in [-0.2, -0.15) is 0 Å². The smallest absolute Gasteiger partial charge is 0.268 e. The Morgan fingerprint density at radius 2 is 2.00 bits per heavy atom. The molecule has 1 amide bonds. The molecule has 2 aromatic rings. The van der Waals surface area contributed by atoms with Crippen molar-refractivity contribution in [1.29, 1.82) is 0 Å². The molecule has 0 radical (unpaired) electrons. The highest BCUT2D eigenvalue weighted by Crippen LogP contribution is 2.35. The van der Waals surface area contributed by atoms with E-state index in [4.69, 9.17) is 17.3 Å². The third kappa shape index (κ3) is 2.57. The van der Waals surface area contributed by atoms with Crippen LogP contribution in [0.4, 0.5) is 13.2 Å². The quantitative estimate of drug-likeness (QED) is 0.947. The van der Waals surface area contributed by atoms with Gasteiger partial charge in [-0.1, -0.05) is 17.7 Å². The van der Waals surface area contributed by atoms with Gasteiger partial charge in [0.15, 0.2) is 5.82 Å². The molecule has 0 aliphatic heterocycles. The van der Waals surface area contributed by atoms with Crippen molar-refractivity contribution in [2.24, 2.45) is 5.73 Å².